The van der Waals surface area contributed by atoms with Crippen molar-refractivity contribution in [3.63, 3.8) is 0 Å². The maximum atomic E-state index is 12.9. The average Bonchev–Trinajstić information content (AvgIpc) is 2.93. The Labute approximate surface area is 138 Å². The van der Waals surface area contributed by atoms with Gasteiger partial charge in [-0.05, 0) is 24.6 Å². The van der Waals surface area contributed by atoms with Gasteiger partial charge in [0.25, 0.3) is 18.5 Å². The quantitative estimate of drug-likeness (QED) is 0.484. The number of hydrogen-bond acceptors (Lipinski definition) is 4. The van der Waals surface area contributed by atoms with Gasteiger partial charge in [-0.2, -0.15) is 5.10 Å². The van der Waals surface area contributed by atoms with Crippen LogP contribution in [0.4, 0.5) is 28.9 Å². The van der Waals surface area contributed by atoms with Crippen molar-refractivity contribution in [2.45, 2.75) is 26.3 Å². The molecule has 7 nitrogen and oxygen atoms in total. The number of nitrogens with one attached hydrogen (secondary N) is 1. The number of carbonyl (C=O) groups is 1. The van der Waals surface area contributed by atoms with E-state index in [0.29, 0.717) is 16.3 Å². The molecule has 1 aromatic carbocycles. The highest BCUT2D eigenvalue weighted by molar-refractivity contribution is 5.93. The topological polar surface area (TPSA) is 90.1 Å². The van der Waals surface area contributed by atoms with Gasteiger partial charge in [0.2, 0.25) is 5.91 Å². The summed E-state index contributed by atoms with van der Waals surface area (Å²) < 4.78 is 51.4. The molecular weight excluding hydrogens is 348 g/mol. The Balaban J connectivity index is 2.23. The summed E-state index contributed by atoms with van der Waals surface area (Å²) >= 11 is 0. The number of nitro benzene ring substituents is 1. The van der Waals surface area contributed by atoms with Crippen LogP contribution >= 0.6 is 0 Å². The van der Waals surface area contributed by atoms with E-state index in [1.807, 2.05) is 0 Å². The lowest BCUT2D eigenvalue weighted by Gasteiger charge is -2.09. The van der Waals surface area contributed by atoms with Gasteiger partial charge in [0, 0.05) is 6.07 Å². The van der Waals surface area contributed by atoms with E-state index in [-0.39, 0.29) is 11.4 Å². The van der Waals surface area contributed by atoms with E-state index in [9.17, 15) is 32.5 Å². The minimum atomic E-state index is -3.11. The van der Waals surface area contributed by atoms with Crippen LogP contribution in [0.15, 0.2) is 24.3 Å². The van der Waals surface area contributed by atoms with Crippen molar-refractivity contribution in [2.24, 2.45) is 0 Å². The normalized spacial score (nSPS) is 11.2. The van der Waals surface area contributed by atoms with Gasteiger partial charge in [0.1, 0.15) is 23.6 Å². The summed E-state index contributed by atoms with van der Waals surface area (Å²) in [5.74, 6) is -0.919. The van der Waals surface area contributed by atoms with Gasteiger partial charge in [-0.25, -0.2) is 17.6 Å². The Morgan fingerprint density at radius 3 is 2.52 bits per heavy atom. The molecule has 0 atom stereocenters. The Morgan fingerprint density at radius 2 is 1.96 bits per heavy atom. The Kier molecular flexibility index (Phi) is 5.35. The second kappa shape index (κ2) is 7.28. The van der Waals surface area contributed by atoms with Crippen molar-refractivity contribution < 1.29 is 27.3 Å². The largest absolute Gasteiger partial charge is 0.319 e. The number of rotatable bonds is 6. The summed E-state index contributed by atoms with van der Waals surface area (Å²) in [6, 6.07) is 4.53. The number of anilines is 1. The third-order valence-electron chi connectivity index (χ3n) is 3.19. The Bertz CT molecular complexity index is 807. The molecule has 1 N–H and O–H groups in total. The van der Waals surface area contributed by atoms with Crippen LogP contribution in [0.1, 0.15) is 29.8 Å². The van der Waals surface area contributed by atoms with Gasteiger partial charge in [-0.15, -0.1) is 0 Å². The molecule has 0 saturated carbocycles. The second-order valence-corrected chi connectivity index (χ2v) is 5.08. The standard InChI is InChI=1S/C14H12F4N4O3/c1-7-2-3-8(10(4-7)22(24)25)19-12(23)6-21-11(14(17)18)5-9(20-21)13(15)16/h2-5,13-14H,6H2,1H3,(H,19,23). The predicted octanol–water partition coefficient (Wildman–Crippen LogP) is 3.61. The second-order valence-electron chi connectivity index (χ2n) is 5.08. The molecule has 0 radical (unpaired) electrons. The van der Waals surface area contributed by atoms with E-state index in [1.54, 1.807) is 6.92 Å². The molecule has 0 aliphatic carbocycles. The minimum absolute atomic E-state index is 0.138. The van der Waals surface area contributed by atoms with Crippen molar-refractivity contribution in [3.8, 4) is 0 Å². The van der Waals surface area contributed by atoms with Gasteiger partial charge in [0.05, 0.1) is 4.92 Å². The van der Waals surface area contributed by atoms with Gasteiger partial charge >= 0.3 is 0 Å². The van der Waals surface area contributed by atoms with Crippen LogP contribution in [0.2, 0.25) is 0 Å². The first kappa shape index (κ1) is 18.4. The van der Waals surface area contributed by atoms with Crippen LogP contribution in [0.5, 0.6) is 0 Å². The summed E-state index contributed by atoms with van der Waals surface area (Å²) in [6.07, 6.45) is -6.18. The van der Waals surface area contributed by atoms with Gasteiger partial charge < -0.3 is 5.32 Å². The fraction of sp³-hybridized carbons (Fsp3) is 0.286. The van der Waals surface area contributed by atoms with Gasteiger partial charge in [0.15, 0.2) is 0 Å². The molecule has 0 aliphatic heterocycles. The van der Waals surface area contributed by atoms with E-state index in [0.717, 1.165) is 0 Å². The summed E-state index contributed by atoms with van der Waals surface area (Å²) in [7, 11) is 0. The lowest BCUT2D eigenvalue weighted by Crippen LogP contribution is -2.21. The van der Waals surface area contributed by atoms with Crippen LogP contribution in [0.25, 0.3) is 0 Å². The maximum absolute atomic E-state index is 12.9. The summed E-state index contributed by atoms with van der Waals surface area (Å²) in [5, 5.41) is 16.5. The summed E-state index contributed by atoms with van der Waals surface area (Å²) in [4.78, 5) is 22.2. The average molecular weight is 360 g/mol. The highest BCUT2D eigenvalue weighted by atomic mass is 19.3. The molecule has 2 rings (SSSR count). The van der Waals surface area contributed by atoms with Crippen molar-refractivity contribution >= 4 is 17.3 Å². The molecule has 0 bridgehead atoms. The fourth-order valence-electron chi connectivity index (χ4n) is 2.09. The van der Waals surface area contributed by atoms with Crippen LogP contribution < -0.4 is 5.32 Å². The molecule has 0 fully saturated rings. The van der Waals surface area contributed by atoms with Crippen molar-refractivity contribution in [1.82, 2.24) is 9.78 Å². The molecular formula is C14H12F4N4O3. The first-order chi connectivity index (χ1) is 11.7. The van der Waals surface area contributed by atoms with Crippen molar-refractivity contribution in [3.05, 3.63) is 51.3 Å². The van der Waals surface area contributed by atoms with Crippen LogP contribution in [-0.4, -0.2) is 20.6 Å². The van der Waals surface area contributed by atoms with E-state index < -0.39 is 41.6 Å². The number of alkyl halides is 4. The number of carbonyl (C=O) groups excluding carboxylic acids is 1. The molecule has 0 saturated heterocycles. The lowest BCUT2D eigenvalue weighted by molar-refractivity contribution is -0.384. The monoisotopic (exact) mass is 360 g/mol. The zero-order chi connectivity index (χ0) is 18.7. The van der Waals surface area contributed by atoms with Crippen molar-refractivity contribution in [2.75, 3.05) is 5.32 Å². The SMILES string of the molecule is Cc1ccc(NC(=O)Cn2nc(C(F)F)cc2C(F)F)c([N+](=O)[O-])c1. The summed E-state index contributed by atoms with van der Waals surface area (Å²) in [5.41, 5.74) is -1.66. The number of benzene rings is 1. The predicted molar refractivity (Wildman–Crippen MR) is 78.6 cm³/mol. The molecule has 2 aromatic rings. The summed E-state index contributed by atoms with van der Waals surface area (Å²) in [6.45, 7) is 0.820. The first-order valence-corrected chi connectivity index (χ1v) is 6.88. The van der Waals surface area contributed by atoms with E-state index >= 15 is 0 Å². The number of aromatic nitrogens is 2. The molecule has 0 spiro atoms. The maximum Gasteiger partial charge on any atom is 0.293 e. The van der Waals surface area contributed by atoms with Crippen molar-refractivity contribution in [1.29, 1.82) is 0 Å². The smallest absolute Gasteiger partial charge is 0.293 e. The number of hydrogen-bond donors (Lipinski definition) is 1. The molecule has 0 aliphatic rings. The number of nitrogens with zero attached hydrogens (tertiary/aromatic N) is 3. The Hall–Kier alpha value is -2.98. The highest BCUT2D eigenvalue weighted by Gasteiger charge is 2.23. The van der Waals surface area contributed by atoms with Crippen LogP contribution in [0, 0.1) is 17.0 Å². The van der Waals surface area contributed by atoms with Gasteiger partial charge in [-0.1, -0.05) is 6.07 Å². The fourth-order valence-corrected chi connectivity index (χ4v) is 2.09. The number of amides is 1. The first-order valence-electron chi connectivity index (χ1n) is 6.88. The molecule has 0 unspecified atom stereocenters. The van der Waals surface area contributed by atoms with E-state index in [1.165, 1.54) is 18.2 Å². The molecule has 134 valence electrons. The third kappa shape index (κ3) is 4.31. The molecule has 11 heteroatoms. The number of nitro groups is 1. The zero-order valence-corrected chi connectivity index (χ0v) is 12.7. The molecule has 1 heterocycles. The van der Waals surface area contributed by atoms with Gasteiger partial charge in [-0.3, -0.25) is 19.6 Å². The van der Waals surface area contributed by atoms with E-state index in [2.05, 4.69) is 10.4 Å². The third-order valence-corrected chi connectivity index (χ3v) is 3.19. The van der Waals surface area contributed by atoms with E-state index in [4.69, 9.17) is 0 Å². The molecule has 1 amide bonds. The molecule has 25 heavy (non-hydrogen) atoms. The highest BCUT2D eigenvalue weighted by Crippen LogP contribution is 2.27. The van der Waals surface area contributed by atoms with Crippen LogP contribution in [0.3, 0.4) is 0 Å². The molecule has 1 aromatic heterocycles. The zero-order valence-electron chi connectivity index (χ0n) is 12.7. The lowest BCUT2D eigenvalue weighted by atomic mass is 10.2. The minimum Gasteiger partial charge on any atom is -0.319 e. The number of aryl methyl sites for hydroxylation is 1. The number of halogens is 4. The van der Waals surface area contributed by atoms with Crippen LogP contribution in [-0.2, 0) is 11.3 Å². The Morgan fingerprint density at radius 1 is 1.28 bits per heavy atom.